The Morgan fingerprint density at radius 1 is 1.30 bits per heavy atom. The molecule has 4 heteroatoms. The van der Waals surface area contributed by atoms with Crippen LogP contribution < -0.4 is 5.32 Å². The van der Waals surface area contributed by atoms with Crippen molar-refractivity contribution in [2.45, 2.75) is 46.2 Å². The minimum atomic E-state index is -0.0686. The lowest BCUT2D eigenvalue weighted by atomic mass is 10.00. The van der Waals surface area contributed by atoms with Gasteiger partial charge in [-0.25, -0.2) is 4.79 Å². The molecule has 1 saturated carbocycles. The Hall–Kier alpha value is -1.55. The van der Waals surface area contributed by atoms with Gasteiger partial charge in [-0.15, -0.1) is 0 Å². The number of rotatable bonds is 5. The van der Waals surface area contributed by atoms with Gasteiger partial charge in [0.15, 0.2) is 0 Å². The number of amides is 2. The first-order chi connectivity index (χ1) is 9.52. The Morgan fingerprint density at radius 2 is 1.90 bits per heavy atom. The summed E-state index contributed by atoms with van der Waals surface area (Å²) in [5.74, 6) is 0. The number of nitrogens with one attached hydrogen (secondary N) is 1. The van der Waals surface area contributed by atoms with Crippen molar-refractivity contribution < 1.29 is 9.90 Å². The Bertz CT molecular complexity index is 472. The van der Waals surface area contributed by atoms with Crippen LogP contribution in [0.1, 0.15) is 35.1 Å². The quantitative estimate of drug-likeness (QED) is 0.867. The fraction of sp³-hybridized carbons (Fsp3) is 0.562. The Labute approximate surface area is 120 Å². The van der Waals surface area contributed by atoms with Gasteiger partial charge in [0.2, 0.25) is 0 Å². The minimum absolute atomic E-state index is 0.0203. The number of nitrogens with zero attached hydrogens (tertiary/aromatic N) is 1. The highest BCUT2D eigenvalue weighted by Gasteiger charge is 2.31. The lowest BCUT2D eigenvalue weighted by Gasteiger charge is -2.22. The van der Waals surface area contributed by atoms with Crippen LogP contribution in [0.15, 0.2) is 12.1 Å². The van der Waals surface area contributed by atoms with Crippen molar-refractivity contribution in [3.05, 3.63) is 34.4 Å². The number of hydrogen-bond donors (Lipinski definition) is 2. The van der Waals surface area contributed by atoms with Crippen LogP contribution in [-0.2, 0) is 6.54 Å². The second-order valence-corrected chi connectivity index (χ2v) is 5.68. The van der Waals surface area contributed by atoms with E-state index >= 15 is 0 Å². The molecule has 0 bridgehead atoms. The number of aryl methyl sites for hydroxylation is 3. The predicted octanol–water partition coefficient (Wildman–Crippen LogP) is 2.28. The fourth-order valence-electron chi connectivity index (χ4n) is 2.70. The first kappa shape index (κ1) is 14.9. The molecular formula is C16H24N2O2. The van der Waals surface area contributed by atoms with Gasteiger partial charge in [0, 0.05) is 19.1 Å². The molecule has 0 unspecified atom stereocenters. The fourth-order valence-corrected chi connectivity index (χ4v) is 2.70. The third kappa shape index (κ3) is 3.51. The molecule has 1 aliphatic carbocycles. The van der Waals surface area contributed by atoms with E-state index in [1.807, 2.05) is 0 Å². The average Bonchev–Trinajstić information content (AvgIpc) is 3.18. The van der Waals surface area contributed by atoms with Crippen LogP contribution in [0.4, 0.5) is 4.79 Å². The van der Waals surface area contributed by atoms with E-state index in [1.54, 1.807) is 4.90 Å². The number of carbonyl (C=O) groups is 1. The van der Waals surface area contributed by atoms with Crippen LogP contribution >= 0.6 is 0 Å². The summed E-state index contributed by atoms with van der Waals surface area (Å²) < 4.78 is 0. The minimum Gasteiger partial charge on any atom is -0.395 e. The zero-order valence-corrected chi connectivity index (χ0v) is 12.6. The third-order valence-corrected chi connectivity index (χ3v) is 3.85. The first-order valence-electron chi connectivity index (χ1n) is 7.25. The monoisotopic (exact) mass is 276 g/mol. The highest BCUT2D eigenvalue weighted by molar-refractivity contribution is 5.75. The van der Waals surface area contributed by atoms with Gasteiger partial charge in [-0.05, 0) is 50.3 Å². The summed E-state index contributed by atoms with van der Waals surface area (Å²) in [6.45, 7) is 7.22. The molecule has 110 valence electrons. The van der Waals surface area contributed by atoms with Crippen molar-refractivity contribution in [2.75, 3.05) is 13.2 Å². The Morgan fingerprint density at radius 3 is 2.40 bits per heavy atom. The highest BCUT2D eigenvalue weighted by Crippen LogP contribution is 2.26. The summed E-state index contributed by atoms with van der Waals surface area (Å²) in [6.07, 6.45) is 2.10. The lowest BCUT2D eigenvalue weighted by molar-refractivity contribution is 0.173. The van der Waals surface area contributed by atoms with Crippen LogP contribution in [0.5, 0.6) is 0 Å². The van der Waals surface area contributed by atoms with Gasteiger partial charge in [0.05, 0.1) is 6.61 Å². The molecular weight excluding hydrogens is 252 g/mol. The van der Waals surface area contributed by atoms with Gasteiger partial charge >= 0.3 is 6.03 Å². The summed E-state index contributed by atoms with van der Waals surface area (Å²) in [5.41, 5.74) is 4.85. The second kappa shape index (κ2) is 6.27. The van der Waals surface area contributed by atoms with Crippen LogP contribution in [0.25, 0.3) is 0 Å². The molecule has 1 aromatic rings. The lowest BCUT2D eigenvalue weighted by Crippen LogP contribution is -2.42. The molecule has 1 fully saturated rings. The maximum Gasteiger partial charge on any atom is 0.317 e. The van der Waals surface area contributed by atoms with E-state index in [1.165, 1.54) is 22.3 Å². The van der Waals surface area contributed by atoms with E-state index in [0.29, 0.717) is 19.1 Å². The summed E-state index contributed by atoms with van der Waals surface area (Å²) in [5, 5.41) is 12.0. The molecule has 4 nitrogen and oxygen atoms in total. The molecule has 0 spiro atoms. The number of hydrogen-bond acceptors (Lipinski definition) is 2. The SMILES string of the molecule is Cc1cc(C)c(CNC(=O)N(CCO)C2CC2)c(C)c1. The summed E-state index contributed by atoms with van der Waals surface area (Å²) >= 11 is 0. The molecule has 2 rings (SSSR count). The largest absolute Gasteiger partial charge is 0.395 e. The smallest absolute Gasteiger partial charge is 0.317 e. The van der Waals surface area contributed by atoms with E-state index in [-0.39, 0.29) is 12.6 Å². The molecule has 0 radical (unpaired) electrons. The van der Waals surface area contributed by atoms with E-state index in [9.17, 15) is 4.79 Å². The van der Waals surface area contributed by atoms with E-state index in [2.05, 4.69) is 38.2 Å². The molecule has 0 aromatic heterocycles. The van der Waals surface area contributed by atoms with Crippen molar-refractivity contribution >= 4 is 6.03 Å². The van der Waals surface area contributed by atoms with E-state index < -0.39 is 0 Å². The topological polar surface area (TPSA) is 52.6 Å². The molecule has 0 saturated heterocycles. The number of aliphatic hydroxyl groups excluding tert-OH is 1. The van der Waals surface area contributed by atoms with E-state index in [0.717, 1.165) is 12.8 Å². The molecule has 1 aliphatic rings. The molecule has 20 heavy (non-hydrogen) atoms. The van der Waals surface area contributed by atoms with Gasteiger partial charge in [-0.2, -0.15) is 0 Å². The third-order valence-electron chi connectivity index (χ3n) is 3.85. The number of urea groups is 1. The van der Waals surface area contributed by atoms with Crippen LogP contribution in [0.2, 0.25) is 0 Å². The van der Waals surface area contributed by atoms with Crippen molar-refractivity contribution in [1.29, 1.82) is 0 Å². The van der Waals surface area contributed by atoms with Crippen molar-refractivity contribution in [2.24, 2.45) is 0 Å². The van der Waals surface area contributed by atoms with Crippen LogP contribution in [0.3, 0.4) is 0 Å². The Balaban J connectivity index is 1.99. The van der Waals surface area contributed by atoms with Crippen molar-refractivity contribution in [3.63, 3.8) is 0 Å². The normalized spacial score (nSPS) is 14.2. The molecule has 1 aromatic carbocycles. The molecule has 0 aliphatic heterocycles. The predicted molar refractivity (Wildman–Crippen MR) is 79.7 cm³/mol. The van der Waals surface area contributed by atoms with Gasteiger partial charge in [-0.1, -0.05) is 17.7 Å². The standard InChI is InChI=1S/C16H24N2O2/c1-11-8-12(2)15(13(3)9-11)10-17-16(20)18(6-7-19)14-4-5-14/h8-9,14,19H,4-7,10H2,1-3H3,(H,17,20). The second-order valence-electron chi connectivity index (χ2n) is 5.68. The summed E-state index contributed by atoms with van der Waals surface area (Å²) in [4.78, 5) is 13.9. The summed E-state index contributed by atoms with van der Waals surface area (Å²) in [6, 6.07) is 4.53. The van der Waals surface area contributed by atoms with Gasteiger partial charge in [-0.3, -0.25) is 0 Å². The van der Waals surface area contributed by atoms with Gasteiger partial charge < -0.3 is 15.3 Å². The van der Waals surface area contributed by atoms with Crippen LogP contribution in [0, 0.1) is 20.8 Å². The maximum atomic E-state index is 12.2. The van der Waals surface area contributed by atoms with E-state index in [4.69, 9.17) is 5.11 Å². The average molecular weight is 276 g/mol. The number of carbonyl (C=O) groups excluding carboxylic acids is 1. The van der Waals surface area contributed by atoms with Crippen molar-refractivity contribution in [3.8, 4) is 0 Å². The Kier molecular flexibility index (Phi) is 4.65. The molecule has 0 heterocycles. The first-order valence-corrected chi connectivity index (χ1v) is 7.25. The zero-order valence-electron chi connectivity index (χ0n) is 12.6. The molecule has 2 N–H and O–H groups in total. The summed E-state index contributed by atoms with van der Waals surface area (Å²) in [7, 11) is 0. The zero-order chi connectivity index (χ0) is 14.7. The number of benzene rings is 1. The molecule has 2 amide bonds. The number of aliphatic hydroxyl groups is 1. The maximum absolute atomic E-state index is 12.2. The van der Waals surface area contributed by atoms with Crippen molar-refractivity contribution in [1.82, 2.24) is 10.2 Å². The van der Waals surface area contributed by atoms with Gasteiger partial charge in [0.1, 0.15) is 0 Å². The highest BCUT2D eigenvalue weighted by atomic mass is 16.3. The van der Waals surface area contributed by atoms with Crippen LogP contribution in [-0.4, -0.2) is 35.2 Å². The van der Waals surface area contributed by atoms with Gasteiger partial charge in [0.25, 0.3) is 0 Å². The molecule has 0 atom stereocenters.